The monoisotopic (exact) mass is 649 g/mol. The molecular weight excluding hydrogens is 572 g/mol. The van der Waals surface area contributed by atoms with E-state index in [4.69, 9.17) is 4.74 Å². The van der Waals surface area contributed by atoms with Crippen LogP contribution >= 0.6 is 0 Å². The van der Waals surface area contributed by atoms with E-state index in [0.717, 1.165) is 55.3 Å². The lowest BCUT2D eigenvalue weighted by molar-refractivity contribution is -0.151. The van der Waals surface area contributed by atoms with Crippen LogP contribution in [-0.2, 0) is 9.53 Å². The van der Waals surface area contributed by atoms with Crippen LogP contribution in [0, 0.1) is 52.3 Å². The molecule has 0 bridgehead atoms. The van der Waals surface area contributed by atoms with Gasteiger partial charge < -0.3 is 4.74 Å². The molecule has 0 amide bonds. The van der Waals surface area contributed by atoms with Gasteiger partial charge in [0.05, 0.1) is 0 Å². The van der Waals surface area contributed by atoms with Crippen LogP contribution in [0.3, 0.4) is 0 Å². The van der Waals surface area contributed by atoms with Gasteiger partial charge >= 0.3 is 5.97 Å². The summed E-state index contributed by atoms with van der Waals surface area (Å²) < 4.78 is 6.12. The summed E-state index contributed by atoms with van der Waals surface area (Å²) in [5.41, 5.74) is 2.43. The molecule has 0 aromatic carbocycles. The van der Waals surface area contributed by atoms with Crippen LogP contribution in [-0.4, -0.2) is 12.1 Å². The molecule has 0 aromatic heterocycles. The fourth-order valence-electron chi connectivity index (χ4n) is 11.1. The molecule has 9 atom stereocenters. The van der Waals surface area contributed by atoms with Gasteiger partial charge in [0.2, 0.25) is 0 Å². The van der Waals surface area contributed by atoms with Crippen molar-refractivity contribution in [2.24, 2.45) is 52.3 Å². The SMILES string of the molecule is CCCCCC/C=C\CCCCCCCC(=O)O[C@H]1CC[C@@]2(C)C(=CC[C@H]3[C@@H]4CC[C@H]([C@H](C)/C=C/[C@@H](CC)C(C)C)[C@@]4(C)CC[C@@H]32)C1. The van der Waals surface area contributed by atoms with Crippen LogP contribution in [0.15, 0.2) is 36.0 Å². The summed E-state index contributed by atoms with van der Waals surface area (Å²) >= 11 is 0. The first-order valence-corrected chi connectivity index (χ1v) is 20.9. The van der Waals surface area contributed by atoms with E-state index in [1.165, 1.54) is 103 Å². The minimum atomic E-state index is 0.0474. The van der Waals surface area contributed by atoms with Gasteiger partial charge in [0.25, 0.3) is 0 Å². The minimum Gasteiger partial charge on any atom is -0.462 e. The van der Waals surface area contributed by atoms with Crippen molar-refractivity contribution in [1.82, 2.24) is 0 Å². The fraction of sp³-hybridized carbons (Fsp3) is 0.844. The zero-order chi connectivity index (χ0) is 33.9. The third-order valence-electron chi connectivity index (χ3n) is 14.2. The summed E-state index contributed by atoms with van der Waals surface area (Å²) in [6, 6.07) is 0. The van der Waals surface area contributed by atoms with E-state index >= 15 is 0 Å². The highest BCUT2D eigenvalue weighted by Gasteiger charge is 2.59. The zero-order valence-electron chi connectivity index (χ0n) is 32.2. The van der Waals surface area contributed by atoms with Gasteiger partial charge in [0.15, 0.2) is 0 Å². The number of rotatable bonds is 19. The maximum atomic E-state index is 12.8. The Morgan fingerprint density at radius 3 is 2.26 bits per heavy atom. The van der Waals surface area contributed by atoms with E-state index in [1.807, 2.05) is 0 Å². The summed E-state index contributed by atoms with van der Waals surface area (Å²) in [5, 5.41) is 0. The van der Waals surface area contributed by atoms with Crippen molar-refractivity contribution in [2.45, 2.75) is 189 Å². The molecule has 0 aliphatic heterocycles. The van der Waals surface area contributed by atoms with Gasteiger partial charge in [-0.3, -0.25) is 4.79 Å². The molecule has 268 valence electrons. The molecule has 3 fully saturated rings. The lowest BCUT2D eigenvalue weighted by Gasteiger charge is -2.58. The minimum absolute atomic E-state index is 0.0474. The van der Waals surface area contributed by atoms with Gasteiger partial charge in [-0.2, -0.15) is 0 Å². The molecule has 4 aliphatic carbocycles. The quantitative estimate of drug-likeness (QED) is 0.0791. The Morgan fingerprint density at radius 1 is 0.851 bits per heavy atom. The van der Waals surface area contributed by atoms with E-state index in [9.17, 15) is 4.79 Å². The van der Waals surface area contributed by atoms with E-state index in [2.05, 4.69) is 78.8 Å². The van der Waals surface area contributed by atoms with Crippen LogP contribution in [0.2, 0.25) is 0 Å². The second-order valence-electron chi connectivity index (χ2n) is 17.5. The van der Waals surface area contributed by atoms with Crippen molar-refractivity contribution in [3.63, 3.8) is 0 Å². The third kappa shape index (κ3) is 9.90. The number of hydrogen-bond acceptors (Lipinski definition) is 2. The lowest BCUT2D eigenvalue weighted by atomic mass is 9.47. The largest absolute Gasteiger partial charge is 0.462 e. The number of allylic oxidation sites excluding steroid dienone is 5. The average Bonchev–Trinajstić information content (AvgIpc) is 3.41. The van der Waals surface area contributed by atoms with Gasteiger partial charge in [0, 0.05) is 12.8 Å². The molecule has 0 radical (unpaired) electrons. The van der Waals surface area contributed by atoms with Crippen molar-refractivity contribution < 1.29 is 9.53 Å². The summed E-state index contributed by atoms with van der Waals surface area (Å²) in [6.07, 6.45) is 38.4. The van der Waals surface area contributed by atoms with E-state index < -0.39 is 0 Å². The van der Waals surface area contributed by atoms with E-state index in [-0.39, 0.29) is 12.1 Å². The fourth-order valence-corrected chi connectivity index (χ4v) is 11.1. The molecule has 0 aromatic rings. The third-order valence-corrected chi connectivity index (χ3v) is 14.2. The zero-order valence-corrected chi connectivity index (χ0v) is 32.2. The van der Waals surface area contributed by atoms with Crippen molar-refractivity contribution >= 4 is 5.97 Å². The van der Waals surface area contributed by atoms with Gasteiger partial charge in [-0.05, 0) is 136 Å². The molecule has 0 N–H and O–H groups in total. The van der Waals surface area contributed by atoms with Crippen LogP contribution in [0.25, 0.3) is 0 Å². The van der Waals surface area contributed by atoms with E-state index in [1.54, 1.807) is 5.57 Å². The van der Waals surface area contributed by atoms with Crippen LogP contribution in [0.1, 0.15) is 183 Å². The maximum absolute atomic E-state index is 12.8. The number of carbonyl (C=O) groups is 1. The molecule has 0 heterocycles. The molecular formula is C45H76O2. The van der Waals surface area contributed by atoms with Gasteiger partial charge in [-0.1, -0.05) is 123 Å². The number of fused-ring (bicyclic) bond motifs is 5. The van der Waals surface area contributed by atoms with Crippen LogP contribution in [0.4, 0.5) is 0 Å². The first-order chi connectivity index (χ1) is 22.6. The number of ether oxygens (including phenoxy) is 1. The first-order valence-electron chi connectivity index (χ1n) is 20.9. The summed E-state index contributed by atoms with van der Waals surface area (Å²) in [6.45, 7) is 17.2. The molecule has 2 heteroatoms. The molecule has 47 heavy (non-hydrogen) atoms. The Labute approximate surface area is 292 Å². The standard InChI is InChI=1S/C45H76O2/c1-8-10-11-12-13-14-15-16-17-18-19-20-21-22-43(46)47-38-29-31-44(6)37(33-38)25-26-39-41-28-27-40(45(41,7)32-30-42(39)44)35(5)23-24-36(9-2)34(3)4/h14-15,23-25,34-36,38-42H,8-13,16-22,26-33H2,1-7H3/b15-14-,24-23+/t35-,36-,38+,39+,40-,41+,42+,44+,45-/m1/s1. The Hall–Kier alpha value is -1.31. The smallest absolute Gasteiger partial charge is 0.306 e. The summed E-state index contributed by atoms with van der Waals surface area (Å²) in [7, 11) is 0. The number of esters is 1. The van der Waals surface area contributed by atoms with Crippen LogP contribution in [0.5, 0.6) is 0 Å². The normalized spacial score (nSPS) is 33.4. The van der Waals surface area contributed by atoms with Gasteiger partial charge in [0.1, 0.15) is 6.10 Å². The van der Waals surface area contributed by atoms with E-state index in [0.29, 0.717) is 29.1 Å². The van der Waals surface area contributed by atoms with Crippen molar-refractivity contribution in [1.29, 1.82) is 0 Å². The second kappa shape index (κ2) is 18.6. The average molecular weight is 649 g/mol. The molecule has 0 spiro atoms. The lowest BCUT2D eigenvalue weighted by Crippen LogP contribution is -2.51. The van der Waals surface area contributed by atoms with Crippen molar-refractivity contribution in [2.75, 3.05) is 0 Å². The first kappa shape index (κ1) is 38.5. The predicted molar refractivity (Wildman–Crippen MR) is 202 cm³/mol. The Bertz CT molecular complexity index is 1030. The van der Waals surface area contributed by atoms with Crippen LogP contribution < -0.4 is 0 Å². The highest BCUT2D eigenvalue weighted by molar-refractivity contribution is 5.69. The molecule has 4 rings (SSSR count). The summed E-state index contributed by atoms with van der Waals surface area (Å²) in [5.74, 6) is 5.53. The van der Waals surface area contributed by atoms with Gasteiger partial charge in [-0.25, -0.2) is 0 Å². The molecule has 0 saturated heterocycles. The van der Waals surface area contributed by atoms with Gasteiger partial charge in [-0.15, -0.1) is 0 Å². The number of hydrogen-bond donors (Lipinski definition) is 0. The van der Waals surface area contributed by atoms with Crippen molar-refractivity contribution in [3.05, 3.63) is 36.0 Å². The highest BCUT2D eigenvalue weighted by atomic mass is 16.5. The predicted octanol–water partition coefficient (Wildman–Crippen LogP) is 13.6. The topological polar surface area (TPSA) is 26.3 Å². The highest BCUT2D eigenvalue weighted by Crippen LogP contribution is 2.67. The molecule has 2 nitrogen and oxygen atoms in total. The maximum Gasteiger partial charge on any atom is 0.306 e. The molecule has 0 unspecified atom stereocenters. The molecule has 4 aliphatic rings. The second-order valence-corrected chi connectivity index (χ2v) is 17.5. The Morgan fingerprint density at radius 2 is 1.55 bits per heavy atom. The molecule has 3 saturated carbocycles. The number of unbranched alkanes of at least 4 members (excludes halogenated alkanes) is 9. The number of carbonyl (C=O) groups excluding carboxylic acids is 1. The Balaban J connectivity index is 1.19. The Kier molecular flexibility index (Phi) is 15.2. The summed E-state index contributed by atoms with van der Waals surface area (Å²) in [4.78, 5) is 12.8. The van der Waals surface area contributed by atoms with Crippen molar-refractivity contribution in [3.8, 4) is 0 Å².